The average Bonchev–Trinajstić information content (AvgIpc) is 3.12. The van der Waals surface area contributed by atoms with Crippen LogP contribution in [0.25, 0.3) is 0 Å². The number of thiocarbonyl (C=S) groups is 1. The second kappa shape index (κ2) is 9.04. The number of rotatable bonds is 7. The molecule has 25 heavy (non-hydrogen) atoms. The van der Waals surface area contributed by atoms with E-state index in [0.717, 1.165) is 36.6 Å². The average molecular weight is 358 g/mol. The Morgan fingerprint density at radius 2 is 1.96 bits per heavy atom. The first kappa shape index (κ1) is 18.0. The molecule has 0 radical (unpaired) electrons. The lowest BCUT2D eigenvalue weighted by Gasteiger charge is -2.24. The fraction of sp³-hybridized carbons (Fsp3) is 0.579. The van der Waals surface area contributed by atoms with Crippen LogP contribution in [0.3, 0.4) is 0 Å². The summed E-state index contributed by atoms with van der Waals surface area (Å²) in [5.74, 6) is 1.01. The van der Waals surface area contributed by atoms with Gasteiger partial charge in [0.05, 0.1) is 11.0 Å². The van der Waals surface area contributed by atoms with E-state index in [9.17, 15) is 0 Å². The summed E-state index contributed by atoms with van der Waals surface area (Å²) in [4.78, 5) is 3.20. The van der Waals surface area contributed by atoms with Crippen LogP contribution in [0.1, 0.15) is 63.7 Å². The zero-order valence-electron chi connectivity index (χ0n) is 15.0. The van der Waals surface area contributed by atoms with Crippen LogP contribution in [0.5, 0.6) is 0 Å². The Morgan fingerprint density at radius 3 is 2.68 bits per heavy atom. The Bertz CT molecular complexity index is 663. The van der Waals surface area contributed by atoms with Gasteiger partial charge in [-0.25, -0.2) is 4.68 Å². The van der Waals surface area contributed by atoms with Crippen molar-refractivity contribution in [1.29, 1.82) is 0 Å². The van der Waals surface area contributed by atoms with Crippen LogP contribution in [0.15, 0.2) is 30.3 Å². The number of aromatic nitrogens is 4. The highest BCUT2D eigenvalue weighted by Gasteiger charge is 2.20. The number of hydrogen-bond acceptors (Lipinski definition) is 4. The van der Waals surface area contributed by atoms with E-state index < -0.39 is 0 Å². The van der Waals surface area contributed by atoms with Crippen LogP contribution in [0, 0.1) is 0 Å². The molecule has 1 saturated carbocycles. The molecular weight excluding hydrogens is 330 g/mol. The number of nitrogens with zero attached hydrogens (tertiary/aromatic N) is 5. The van der Waals surface area contributed by atoms with Crippen molar-refractivity contribution < 1.29 is 0 Å². The second-order valence-corrected chi connectivity index (χ2v) is 7.13. The predicted molar refractivity (Wildman–Crippen MR) is 105 cm³/mol. The minimum atomic E-state index is 0.488. The Labute approximate surface area is 155 Å². The molecule has 6 heteroatoms. The topological polar surface area (TPSA) is 46.8 Å². The van der Waals surface area contributed by atoms with Crippen molar-refractivity contribution in [1.82, 2.24) is 20.2 Å². The molecule has 0 spiro atoms. The summed E-state index contributed by atoms with van der Waals surface area (Å²) in [5, 5.41) is 12.4. The third-order valence-corrected chi connectivity index (χ3v) is 5.38. The molecule has 3 rings (SSSR count). The lowest BCUT2D eigenvalue weighted by Crippen LogP contribution is -2.29. The Morgan fingerprint density at radius 1 is 1.20 bits per heavy atom. The highest BCUT2D eigenvalue weighted by atomic mass is 32.1. The Hall–Kier alpha value is -1.82. The molecule has 1 aliphatic carbocycles. The van der Waals surface area contributed by atoms with E-state index in [4.69, 9.17) is 12.2 Å². The van der Waals surface area contributed by atoms with E-state index in [1.807, 2.05) is 6.07 Å². The zero-order valence-corrected chi connectivity index (χ0v) is 15.8. The summed E-state index contributed by atoms with van der Waals surface area (Å²) in [5.41, 5.74) is 1.17. The van der Waals surface area contributed by atoms with E-state index in [0.29, 0.717) is 6.04 Å². The number of anilines is 1. The van der Waals surface area contributed by atoms with Crippen LogP contribution in [-0.2, 0) is 6.42 Å². The quantitative estimate of drug-likeness (QED) is 0.689. The molecule has 0 N–H and O–H groups in total. The van der Waals surface area contributed by atoms with E-state index in [2.05, 4.69) is 56.3 Å². The zero-order chi connectivity index (χ0) is 17.5. The molecule has 5 nitrogen and oxygen atoms in total. The molecule has 1 fully saturated rings. The molecule has 0 amide bonds. The van der Waals surface area contributed by atoms with Gasteiger partial charge >= 0.3 is 0 Å². The SMILES string of the molecule is CCN(C(=S)CCCc1nnnn1C1CCCCC1)c1ccccc1. The maximum Gasteiger partial charge on any atom is 0.151 e. The third-order valence-electron chi connectivity index (χ3n) is 4.96. The summed E-state index contributed by atoms with van der Waals surface area (Å²) in [6.45, 7) is 3.03. The van der Waals surface area contributed by atoms with Crippen molar-refractivity contribution in [2.45, 2.75) is 64.3 Å². The van der Waals surface area contributed by atoms with Gasteiger partial charge in [0, 0.05) is 18.7 Å². The van der Waals surface area contributed by atoms with E-state index in [-0.39, 0.29) is 0 Å². The van der Waals surface area contributed by atoms with Gasteiger partial charge in [-0.15, -0.1) is 5.10 Å². The van der Waals surface area contributed by atoms with E-state index in [1.165, 1.54) is 37.8 Å². The first-order chi connectivity index (χ1) is 12.3. The lowest BCUT2D eigenvalue weighted by molar-refractivity contribution is 0.316. The van der Waals surface area contributed by atoms with Crippen LogP contribution >= 0.6 is 12.2 Å². The number of aryl methyl sites for hydroxylation is 1. The van der Waals surface area contributed by atoms with Gasteiger partial charge in [-0.2, -0.15) is 0 Å². The summed E-state index contributed by atoms with van der Waals surface area (Å²) in [6.07, 6.45) is 9.07. The largest absolute Gasteiger partial charge is 0.336 e. The number of hydrogen-bond donors (Lipinski definition) is 0. The summed E-state index contributed by atoms with van der Waals surface area (Å²) >= 11 is 5.68. The maximum atomic E-state index is 5.68. The van der Waals surface area contributed by atoms with Gasteiger partial charge in [0.2, 0.25) is 0 Å². The van der Waals surface area contributed by atoms with Crippen molar-refractivity contribution in [3.63, 3.8) is 0 Å². The van der Waals surface area contributed by atoms with Crippen LogP contribution in [0.2, 0.25) is 0 Å². The number of benzene rings is 1. The third kappa shape index (κ3) is 4.63. The summed E-state index contributed by atoms with van der Waals surface area (Å²) < 4.78 is 2.07. The van der Waals surface area contributed by atoms with Gasteiger partial charge in [-0.3, -0.25) is 0 Å². The van der Waals surface area contributed by atoms with Gasteiger partial charge in [0.15, 0.2) is 5.82 Å². The minimum absolute atomic E-state index is 0.488. The fourth-order valence-electron chi connectivity index (χ4n) is 3.63. The summed E-state index contributed by atoms with van der Waals surface area (Å²) in [6, 6.07) is 10.9. The first-order valence-electron chi connectivity index (χ1n) is 9.41. The standard InChI is InChI=1S/C19H27N5S/c1-2-23(16-10-5-3-6-11-16)19(25)15-9-14-18-20-21-22-24(18)17-12-7-4-8-13-17/h3,5-6,10-11,17H,2,4,7-9,12-15H2,1H3. The molecule has 1 heterocycles. The van der Waals surface area contributed by atoms with Crippen LogP contribution < -0.4 is 4.90 Å². The van der Waals surface area contributed by atoms with Crippen molar-refractivity contribution in [3.05, 3.63) is 36.2 Å². The van der Waals surface area contributed by atoms with Gasteiger partial charge < -0.3 is 4.90 Å². The number of tetrazole rings is 1. The first-order valence-corrected chi connectivity index (χ1v) is 9.82. The molecule has 0 atom stereocenters. The number of para-hydroxylation sites is 1. The molecule has 2 aromatic rings. The molecule has 1 aromatic heterocycles. The smallest absolute Gasteiger partial charge is 0.151 e. The minimum Gasteiger partial charge on any atom is -0.336 e. The van der Waals surface area contributed by atoms with Crippen molar-refractivity contribution in [2.75, 3.05) is 11.4 Å². The van der Waals surface area contributed by atoms with E-state index >= 15 is 0 Å². The lowest BCUT2D eigenvalue weighted by atomic mass is 9.95. The highest BCUT2D eigenvalue weighted by Crippen LogP contribution is 2.28. The molecular formula is C19H27N5S. The van der Waals surface area contributed by atoms with Crippen molar-refractivity contribution in [2.24, 2.45) is 0 Å². The van der Waals surface area contributed by atoms with E-state index in [1.54, 1.807) is 0 Å². The fourth-order valence-corrected chi connectivity index (χ4v) is 4.01. The highest BCUT2D eigenvalue weighted by molar-refractivity contribution is 7.80. The molecule has 1 aliphatic rings. The molecule has 0 unspecified atom stereocenters. The van der Waals surface area contributed by atoms with Crippen LogP contribution in [0.4, 0.5) is 5.69 Å². The Balaban J connectivity index is 1.54. The second-order valence-electron chi connectivity index (χ2n) is 6.66. The summed E-state index contributed by atoms with van der Waals surface area (Å²) in [7, 11) is 0. The normalized spacial score (nSPS) is 15.2. The maximum absolute atomic E-state index is 5.68. The van der Waals surface area contributed by atoms with Gasteiger partial charge in [-0.1, -0.05) is 49.7 Å². The van der Waals surface area contributed by atoms with Gasteiger partial charge in [0.1, 0.15) is 0 Å². The molecule has 0 saturated heterocycles. The van der Waals surface area contributed by atoms with Gasteiger partial charge in [0.25, 0.3) is 0 Å². The predicted octanol–water partition coefficient (Wildman–Crippen LogP) is 4.35. The Kier molecular flexibility index (Phi) is 6.50. The van der Waals surface area contributed by atoms with Crippen LogP contribution in [-0.4, -0.2) is 31.7 Å². The monoisotopic (exact) mass is 357 g/mol. The molecule has 0 bridgehead atoms. The van der Waals surface area contributed by atoms with Gasteiger partial charge in [-0.05, 0) is 55.2 Å². The molecule has 0 aliphatic heterocycles. The van der Waals surface area contributed by atoms with Crippen molar-refractivity contribution in [3.8, 4) is 0 Å². The molecule has 134 valence electrons. The molecule has 1 aromatic carbocycles. The van der Waals surface area contributed by atoms with Crippen molar-refractivity contribution >= 4 is 22.9 Å².